The second-order valence-electron chi connectivity index (χ2n) is 2.46. The van der Waals surface area contributed by atoms with Crippen molar-refractivity contribution in [2.75, 3.05) is 5.73 Å². The Morgan fingerprint density at radius 3 is 2.83 bits per heavy atom. The van der Waals surface area contributed by atoms with Crippen LogP contribution in [0, 0.1) is 0 Å². The zero-order valence-electron chi connectivity index (χ0n) is 6.40. The molecular weight excluding hydrogens is 172 g/mol. The van der Waals surface area contributed by atoms with Crippen molar-refractivity contribution in [1.29, 1.82) is 0 Å². The third-order valence-corrected chi connectivity index (χ3v) is 1.63. The molecule has 0 amide bonds. The summed E-state index contributed by atoms with van der Waals surface area (Å²) in [7, 11) is 0. The highest BCUT2D eigenvalue weighted by Crippen LogP contribution is 2.13. The molecule has 0 aliphatic heterocycles. The van der Waals surface area contributed by atoms with Gasteiger partial charge >= 0.3 is 0 Å². The zero-order valence-corrected chi connectivity index (χ0v) is 7.21. The van der Waals surface area contributed by atoms with Gasteiger partial charge in [0, 0.05) is 17.3 Å². The first-order valence-electron chi connectivity index (χ1n) is 3.46. The molecule has 1 aromatic carbocycles. The summed E-state index contributed by atoms with van der Waals surface area (Å²) >= 11 is 0. The van der Waals surface area contributed by atoms with Crippen molar-refractivity contribution in [2.45, 2.75) is 0 Å². The number of rotatable bonds is 0. The number of benzene rings is 1. The number of nitrogen functional groups attached to an aromatic ring is 1. The van der Waals surface area contributed by atoms with E-state index in [0.29, 0.717) is 0 Å². The van der Waals surface area contributed by atoms with Gasteiger partial charge in [-0.05, 0) is 24.3 Å². The molecule has 0 saturated heterocycles. The molecule has 12 heavy (non-hydrogen) atoms. The molecule has 62 valence electrons. The zero-order chi connectivity index (χ0) is 7.68. The lowest BCUT2D eigenvalue weighted by atomic mass is 10.2. The number of aromatic nitrogens is 1. The topological polar surface area (TPSA) is 38.9 Å². The molecule has 0 fully saturated rings. The van der Waals surface area contributed by atoms with Crippen LogP contribution >= 0.6 is 12.4 Å². The predicted molar refractivity (Wildman–Crippen MR) is 53.4 cm³/mol. The number of nitrogens with two attached hydrogens (primary N) is 1. The lowest BCUT2D eigenvalue weighted by molar-refractivity contribution is 1.41. The standard InChI is InChI=1S/C9H8N2.ClH/c10-8-3-4-9-7(6-8)2-1-5-11-9;/h1-6H,10H2;1H. The quantitative estimate of drug-likeness (QED) is 0.632. The minimum atomic E-state index is 0. The summed E-state index contributed by atoms with van der Waals surface area (Å²) in [5.74, 6) is 0. The van der Waals surface area contributed by atoms with Crippen molar-refractivity contribution >= 4 is 29.0 Å². The van der Waals surface area contributed by atoms with Gasteiger partial charge in [-0.1, -0.05) is 6.07 Å². The van der Waals surface area contributed by atoms with E-state index in [9.17, 15) is 0 Å². The van der Waals surface area contributed by atoms with Crippen molar-refractivity contribution in [3.05, 3.63) is 36.5 Å². The number of fused-ring (bicyclic) bond motifs is 1. The fourth-order valence-electron chi connectivity index (χ4n) is 1.09. The summed E-state index contributed by atoms with van der Waals surface area (Å²) in [6.45, 7) is 0. The minimum Gasteiger partial charge on any atom is -0.399 e. The number of anilines is 1. The largest absolute Gasteiger partial charge is 0.399 e. The van der Waals surface area contributed by atoms with Crippen LogP contribution in [0.25, 0.3) is 10.9 Å². The van der Waals surface area contributed by atoms with Crippen LogP contribution in [0.4, 0.5) is 5.69 Å². The molecule has 0 saturated carbocycles. The summed E-state index contributed by atoms with van der Waals surface area (Å²) in [5, 5.41) is 1.09. The summed E-state index contributed by atoms with van der Waals surface area (Å²) in [5.41, 5.74) is 7.37. The number of nitrogens with zero attached hydrogens (tertiary/aromatic N) is 1. The second kappa shape index (κ2) is 3.41. The van der Waals surface area contributed by atoms with Gasteiger partial charge in [0.1, 0.15) is 0 Å². The Bertz CT molecular complexity index is 387. The van der Waals surface area contributed by atoms with E-state index in [1.165, 1.54) is 0 Å². The van der Waals surface area contributed by atoms with E-state index in [-0.39, 0.29) is 12.4 Å². The van der Waals surface area contributed by atoms with Gasteiger partial charge in [0.05, 0.1) is 5.52 Å². The molecule has 1 aromatic heterocycles. The van der Waals surface area contributed by atoms with Gasteiger partial charge < -0.3 is 5.73 Å². The minimum absolute atomic E-state index is 0. The Morgan fingerprint density at radius 2 is 2.00 bits per heavy atom. The maximum atomic E-state index is 5.60. The Kier molecular flexibility index (Phi) is 2.51. The van der Waals surface area contributed by atoms with Gasteiger partial charge in [0.2, 0.25) is 0 Å². The normalized spacial score (nSPS) is 9.33. The van der Waals surface area contributed by atoms with Crippen molar-refractivity contribution in [3.63, 3.8) is 0 Å². The molecule has 2 aromatic rings. The van der Waals surface area contributed by atoms with Crippen LogP contribution in [0.3, 0.4) is 0 Å². The highest BCUT2D eigenvalue weighted by atomic mass is 35.5. The van der Waals surface area contributed by atoms with Crippen LogP contribution in [0.1, 0.15) is 0 Å². The van der Waals surface area contributed by atoms with Crippen molar-refractivity contribution in [2.24, 2.45) is 0 Å². The molecule has 3 heteroatoms. The fraction of sp³-hybridized carbons (Fsp3) is 0. The summed E-state index contributed by atoms with van der Waals surface area (Å²) in [6, 6.07) is 9.60. The highest BCUT2D eigenvalue weighted by Gasteiger charge is 1.91. The van der Waals surface area contributed by atoms with E-state index in [4.69, 9.17) is 5.73 Å². The Morgan fingerprint density at radius 1 is 1.17 bits per heavy atom. The van der Waals surface area contributed by atoms with Gasteiger partial charge in [0.15, 0.2) is 0 Å². The molecule has 0 aliphatic carbocycles. The first-order chi connectivity index (χ1) is 5.36. The second-order valence-corrected chi connectivity index (χ2v) is 2.46. The Hall–Kier alpha value is -1.28. The van der Waals surface area contributed by atoms with E-state index in [1.54, 1.807) is 6.20 Å². The average Bonchev–Trinajstić information content (AvgIpc) is 2.04. The van der Waals surface area contributed by atoms with Crippen LogP contribution in [-0.4, -0.2) is 4.98 Å². The molecule has 0 bridgehead atoms. The monoisotopic (exact) mass is 180 g/mol. The fourth-order valence-corrected chi connectivity index (χ4v) is 1.09. The molecule has 1 heterocycles. The van der Waals surface area contributed by atoms with Crippen LogP contribution in [0.2, 0.25) is 0 Å². The number of hydrogen-bond donors (Lipinski definition) is 1. The molecule has 0 aliphatic rings. The Balaban J connectivity index is 0.000000720. The molecule has 2 N–H and O–H groups in total. The molecule has 0 atom stereocenters. The summed E-state index contributed by atoms with van der Waals surface area (Å²) in [6.07, 6.45) is 1.78. The van der Waals surface area contributed by atoms with E-state index in [1.807, 2.05) is 30.3 Å². The van der Waals surface area contributed by atoms with Crippen LogP contribution in [0.15, 0.2) is 36.5 Å². The molecule has 0 radical (unpaired) electrons. The summed E-state index contributed by atoms with van der Waals surface area (Å²) < 4.78 is 0. The molecule has 0 spiro atoms. The van der Waals surface area contributed by atoms with Crippen molar-refractivity contribution < 1.29 is 0 Å². The average molecular weight is 181 g/mol. The van der Waals surface area contributed by atoms with E-state index < -0.39 is 0 Å². The molecular formula is C9H9ClN2. The number of halogens is 1. The highest BCUT2D eigenvalue weighted by molar-refractivity contribution is 5.85. The van der Waals surface area contributed by atoms with Crippen LogP contribution < -0.4 is 5.73 Å². The van der Waals surface area contributed by atoms with E-state index >= 15 is 0 Å². The first kappa shape index (κ1) is 8.81. The van der Waals surface area contributed by atoms with Gasteiger partial charge in [-0.25, -0.2) is 0 Å². The van der Waals surface area contributed by atoms with Gasteiger partial charge in [-0.15, -0.1) is 12.4 Å². The van der Waals surface area contributed by atoms with Crippen molar-refractivity contribution in [3.8, 4) is 0 Å². The van der Waals surface area contributed by atoms with Gasteiger partial charge in [0.25, 0.3) is 0 Å². The van der Waals surface area contributed by atoms with Crippen molar-refractivity contribution in [1.82, 2.24) is 4.98 Å². The van der Waals surface area contributed by atoms with Gasteiger partial charge in [-0.3, -0.25) is 4.98 Å². The van der Waals surface area contributed by atoms with Crippen LogP contribution in [0.5, 0.6) is 0 Å². The SMILES string of the molecule is Cl.Nc1ccc2ncccc2c1. The number of pyridine rings is 1. The first-order valence-corrected chi connectivity index (χ1v) is 3.46. The van der Waals surface area contributed by atoms with Crippen LogP contribution in [-0.2, 0) is 0 Å². The maximum Gasteiger partial charge on any atom is 0.0703 e. The lowest BCUT2D eigenvalue weighted by Crippen LogP contribution is -1.84. The smallest absolute Gasteiger partial charge is 0.0703 e. The maximum absolute atomic E-state index is 5.60. The predicted octanol–water partition coefficient (Wildman–Crippen LogP) is 2.24. The molecule has 2 rings (SSSR count). The van der Waals surface area contributed by atoms with E-state index in [2.05, 4.69) is 4.98 Å². The van der Waals surface area contributed by atoms with E-state index in [0.717, 1.165) is 16.6 Å². The Labute approximate surface area is 76.8 Å². The molecule has 0 unspecified atom stereocenters. The third kappa shape index (κ3) is 1.48. The third-order valence-electron chi connectivity index (χ3n) is 1.63. The van der Waals surface area contributed by atoms with Gasteiger partial charge in [-0.2, -0.15) is 0 Å². The number of hydrogen-bond acceptors (Lipinski definition) is 2. The lowest BCUT2D eigenvalue weighted by Gasteiger charge is -1.96. The summed E-state index contributed by atoms with van der Waals surface area (Å²) in [4.78, 5) is 4.17. The molecule has 2 nitrogen and oxygen atoms in total.